The number of carbonyl (C=O) groups excluding carboxylic acids is 2. The lowest BCUT2D eigenvalue weighted by atomic mass is 9.77. The Morgan fingerprint density at radius 1 is 1.03 bits per heavy atom. The predicted octanol–water partition coefficient (Wildman–Crippen LogP) is 3.42. The average molecular weight is 507 g/mol. The van der Waals surface area contributed by atoms with Crippen LogP contribution in [0, 0.1) is 5.41 Å². The summed E-state index contributed by atoms with van der Waals surface area (Å²) in [5.74, 6) is 1.09. The van der Waals surface area contributed by atoms with Gasteiger partial charge in [-0.05, 0) is 42.9 Å². The third-order valence-electron chi connectivity index (χ3n) is 7.34. The maximum Gasteiger partial charge on any atom is 0.319 e. The van der Waals surface area contributed by atoms with Gasteiger partial charge in [-0.2, -0.15) is 4.98 Å². The number of carbonyl (C=O) groups is 2. The van der Waals surface area contributed by atoms with Crippen molar-refractivity contribution in [3.05, 3.63) is 47.9 Å². The molecule has 0 bridgehead atoms. The van der Waals surface area contributed by atoms with E-state index in [-0.39, 0.29) is 23.2 Å². The predicted molar refractivity (Wildman–Crippen MR) is 136 cm³/mol. The standard InChI is InChI=1S/C27H30N4O6/c1-34-20-6-4-5-18-15-21(37-23(18)20)25(33)30-12-9-27(10-13-30)11-14-31(17-27)22(32)8-7-19-16-28-26(36-3)29-24(19)35-2/h4-8,15-16H,9-14,17H2,1-3H3. The zero-order valence-corrected chi connectivity index (χ0v) is 21.2. The second kappa shape index (κ2) is 10.1. The lowest BCUT2D eigenvalue weighted by Gasteiger charge is -2.38. The van der Waals surface area contributed by atoms with Crippen LogP contribution in [0.5, 0.6) is 17.6 Å². The molecule has 10 nitrogen and oxygen atoms in total. The van der Waals surface area contributed by atoms with E-state index < -0.39 is 0 Å². The number of furan rings is 1. The summed E-state index contributed by atoms with van der Waals surface area (Å²) in [5, 5.41) is 0.841. The minimum atomic E-state index is -0.113. The van der Waals surface area contributed by atoms with Crippen LogP contribution in [-0.2, 0) is 4.79 Å². The van der Waals surface area contributed by atoms with Crippen molar-refractivity contribution in [1.29, 1.82) is 0 Å². The number of fused-ring (bicyclic) bond motifs is 1. The Morgan fingerprint density at radius 2 is 1.78 bits per heavy atom. The Bertz CT molecular complexity index is 1340. The first-order valence-electron chi connectivity index (χ1n) is 12.2. The topological polar surface area (TPSA) is 107 Å². The van der Waals surface area contributed by atoms with Crippen LogP contribution in [0.4, 0.5) is 0 Å². The number of nitrogens with zero attached hydrogens (tertiary/aromatic N) is 4. The number of piperidine rings is 1. The number of benzene rings is 1. The van der Waals surface area contributed by atoms with Crippen molar-refractivity contribution in [3.8, 4) is 17.6 Å². The summed E-state index contributed by atoms with van der Waals surface area (Å²) in [5.41, 5.74) is 1.21. The second-order valence-corrected chi connectivity index (χ2v) is 9.45. The molecule has 2 aromatic heterocycles. The lowest BCUT2D eigenvalue weighted by molar-refractivity contribution is -0.125. The molecule has 2 amide bonds. The van der Waals surface area contributed by atoms with Crippen LogP contribution >= 0.6 is 0 Å². The van der Waals surface area contributed by atoms with Crippen LogP contribution in [0.25, 0.3) is 17.0 Å². The fourth-order valence-corrected chi connectivity index (χ4v) is 5.18. The van der Waals surface area contributed by atoms with Gasteiger partial charge in [-0.3, -0.25) is 9.59 Å². The van der Waals surface area contributed by atoms with Gasteiger partial charge in [0.25, 0.3) is 5.91 Å². The number of amides is 2. The molecule has 2 aliphatic rings. The number of ether oxygens (including phenoxy) is 3. The van der Waals surface area contributed by atoms with Gasteiger partial charge in [0.05, 0.1) is 26.9 Å². The number of hydrogen-bond acceptors (Lipinski definition) is 8. The minimum Gasteiger partial charge on any atom is -0.493 e. The highest BCUT2D eigenvalue weighted by Crippen LogP contribution is 2.41. The zero-order valence-electron chi connectivity index (χ0n) is 21.2. The largest absolute Gasteiger partial charge is 0.493 e. The number of likely N-dealkylation sites (tertiary alicyclic amines) is 2. The van der Waals surface area contributed by atoms with E-state index in [1.165, 1.54) is 20.3 Å². The minimum absolute atomic E-state index is 0.0261. The number of rotatable bonds is 6. The van der Waals surface area contributed by atoms with Gasteiger partial charge in [-0.25, -0.2) is 4.98 Å². The molecule has 0 aliphatic carbocycles. The van der Waals surface area contributed by atoms with Gasteiger partial charge in [0.2, 0.25) is 11.8 Å². The Morgan fingerprint density at radius 3 is 2.49 bits per heavy atom. The second-order valence-electron chi connectivity index (χ2n) is 9.45. The van der Waals surface area contributed by atoms with E-state index in [1.54, 1.807) is 25.4 Å². The van der Waals surface area contributed by atoms with E-state index in [2.05, 4.69) is 9.97 Å². The molecule has 0 saturated carbocycles. The Kier molecular flexibility index (Phi) is 6.73. The van der Waals surface area contributed by atoms with E-state index in [9.17, 15) is 9.59 Å². The van der Waals surface area contributed by atoms with Gasteiger partial charge in [0, 0.05) is 43.8 Å². The summed E-state index contributed by atoms with van der Waals surface area (Å²) in [4.78, 5) is 38.0. The molecular formula is C27H30N4O6. The summed E-state index contributed by atoms with van der Waals surface area (Å²) in [7, 11) is 4.57. The summed E-state index contributed by atoms with van der Waals surface area (Å²) < 4.78 is 21.5. The van der Waals surface area contributed by atoms with Crippen LogP contribution in [0.2, 0.25) is 0 Å². The van der Waals surface area contributed by atoms with E-state index in [0.717, 1.165) is 24.6 Å². The first-order chi connectivity index (χ1) is 17.9. The molecule has 3 aromatic rings. The summed E-state index contributed by atoms with van der Waals surface area (Å²) >= 11 is 0. The van der Waals surface area contributed by atoms with Crippen LogP contribution in [-0.4, -0.2) is 79.1 Å². The van der Waals surface area contributed by atoms with Crippen LogP contribution in [0.3, 0.4) is 0 Å². The van der Waals surface area contributed by atoms with E-state index in [4.69, 9.17) is 18.6 Å². The Balaban J connectivity index is 1.19. The van der Waals surface area contributed by atoms with Crippen LogP contribution in [0.15, 0.2) is 41.0 Å². The molecule has 10 heteroatoms. The van der Waals surface area contributed by atoms with Gasteiger partial charge in [0.1, 0.15) is 0 Å². The molecule has 0 unspecified atom stereocenters. The normalized spacial score (nSPS) is 17.1. The van der Waals surface area contributed by atoms with Crippen molar-refractivity contribution in [2.45, 2.75) is 19.3 Å². The first-order valence-corrected chi connectivity index (χ1v) is 12.2. The monoisotopic (exact) mass is 506 g/mol. The molecule has 1 aromatic carbocycles. The van der Waals surface area contributed by atoms with Gasteiger partial charge in [-0.15, -0.1) is 0 Å². The van der Waals surface area contributed by atoms with Crippen molar-refractivity contribution in [2.75, 3.05) is 47.5 Å². The molecule has 0 radical (unpaired) electrons. The first kappa shape index (κ1) is 24.6. The molecule has 0 atom stereocenters. The van der Waals surface area contributed by atoms with E-state index in [0.29, 0.717) is 54.7 Å². The third-order valence-corrected chi connectivity index (χ3v) is 7.34. The van der Waals surface area contributed by atoms with Gasteiger partial charge >= 0.3 is 6.01 Å². The van der Waals surface area contributed by atoms with E-state index >= 15 is 0 Å². The van der Waals surface area contributed by atoms with Gasteiger partial charge < -0.3 is 28.4 Å². The number of methoxy groups -OCH3 is 3. The molecule has 2 aliphatic heterocycles. The van der Waals surface area contributed by atoms with Crippen LogP contribution < -0.4 is 14.2 Å². The highest BCUT2D eigenvalue weighted by molar-refractivity contribution is 5.97. The Labute approximate surface area is 214 Å². The highest BCUT2D eigenvalue weighted by Gasteiger charge is 2.42. The van der Waals surface area contributed by atoms with Crippen molar-refractivity contribution in [1.82, 2.24) is 19.8 Å². The molecule has 4 heterocycles. The SMILES string of the molecule is COc1ncc(C=CC(=O)N2CCC3(CCN(C(=O)c4cc5cccc(OC)c5o4)CC3)C2)c(OC)n1. The van der Waals surface area contributed by atoms with Crippen molar-refractivity contribution >= 4 is 28.9 Å². The average Bonchev–Trinajstić information content (AvgIpc) is 3.56. The van der Waals surface area contributed by atoms with Crippen LogP contribution in [0.1, 0.15) is 35.4 Å². The maximum absolute atomic E-state index is 13.1. The quantitative estimate of drug-likeness (QED) is 0.468. The number of para-hydroxylation sites is 1. The van der Waals surface area contributed by atoms with Gasteiger partial charge in [0.15, 0.2) is 17.1 Å². The summed E-state index contributed by atoms with van der Waals surface area (Å²) in [6.45, 7) is 2.63. The fourth-order valence-electron chi connectivity index (χ4n) is 5.18. The van der Waals surface area contributed by atoms with Crippen molar-refractivity contribution in [3.63, 3.8) is 0 Å². The van der Waals surface area contributed by atoms with Gasteiger partial charge in [-0.1, -0.05) is 12.1 Å². The fraction of sp³-hybridized carbons (Fsp3) is 0.407. The Hall–Kier alpha value is -4.08. The molecule has 2 saturated heterocycles. The number of hydrogen-bond donors (Lipinski definition) is 0. The molecule has 2 fully saturated rings. The molecule has 194 valence electrons. The molecule has 1 spiro atoms. The molecule has 37 heavy (non-hydrogen) atoms. The smallest absolute Gasteiger partial charge is 0.319 e. The third kappa shape index (κ3) is 4.83. The lowest BCUT2D eigenvalue weighted by Crippen LogP contribution is -2.44. The number of aromatic nitrogens is 2. The van der Waals surface area contributed by atoms with Crippen molar-refractivity contribution < 1.29 is 28.2 Å². The van der Waals surface area contributed by atoms with E-state index in [1.807, 2.05) is 28.0 Å². The highest BCUT2D eigenvalue weighted by atomic mass is 16.5. The van der Waals surface area contributed by atoms with Crippen molar-refractivity contribution in [2.24, 2.45) is 5.41 Å². The summed E-state index contributed by atoms with van der Waals surface area (Å²) in [6, 6.07) is 7.56. The maximum atomic E-state index is 13.1. The summed E-state index contributed by atoms with van der Waals surface area (Å²) in [6.07, 6.45) is 7.36. The molecule has 0 N–H and O–H groups in total. The molecule has 5 rings (SSSR count). The molecular weight excluding hydrogens is 476 g/mol. The zero-order chi connectivity index (χ0) is 26.0.